The van der Waals surface area contributed by atoms with Crippen LogP contribution in [0, 0.1) is 0 Å². The molecule has 1 rings (SSSR count). The number of ether oxygens (including phenoxy) is 1. The van der Waals surface area contributed by atoms with Gasteiger partial charge >= 0.3 is 5.97 Å². The zero-order chi connectivity index (χ0) is 10.1. The number of hydrogen-bond acceptors (Lipinski definition) is 2. The molecule has 0 aliphatic carbocycles. The summed E-state index contributed by atoms with van der Waals surface area (Å²) in [6.07, 6.45) is 1.79. The van der Waals surface area contributed by atoms with Gasteiger partial charge in [-0.15, -0.1) is 0 Å². The number of carbonyl (C=O) groups excluding carboxylic acids is 1. The van der Waals surface area contributed by atoms with Gasteiger partial charge in [0, 0.05) is 10.5 Å². The molecule has 0 atom stereocenters. The van der Waals surface area contributed by atoms with Gasteiger partial charge in [-0.25, -0.2) is 4.79 Å². The summed E-state index contributed by atoms with van der Waals surface area (Å²) in [6.45, 7) is 4.02. The number of alkyl halides is 1. The van der Waals surface area contributed by atoms with Crippen molar-refractivity contribution >= 4 is 21.9 Å². The van der Waals surface area contributed by atoms with Crippen LogP contribution in [0.3, 0.4) is 0 Å². The number of methoxy groups -OCH3 is 1. The van der Waals surface area contributed by atoms with Crippen molar-refractivity contribution in [2.24, 2.45) is 0 Å². The molecule has 3 nitrogen and oxygen atoms in total. The molecule has 1 aromatic heterocycles. The van der Waals surface area contributed by atoms with Crippen molar-refractivity contribution in [1.29, 1.82) is 0 Å². The molecular formula is C9H12BrNO2. The van der Waals surface area contributed by atoms with Gasteiger partial charge in [-0.05, 0) is 25.5 Å². The number of rotatable bonds is 2. The Morgan fingerprint density at radius 3 is 2.62 bits per heavy atom. The molecule has 4 heteroatoms. The molecular weight excluding hydrogens is 234 g/mol. The van der Waals surface area contributed by atoms with E-state index in [1.54, 1.807) is 12.3 Å². The largest absolute Gasteiger partial charge is 0.464 e. The summed E-state index contributed by atoms with van der Waals surface area (Å²) in [5, 5.41) is 0. The van der Waals surface area contributed by atoms with Crippen LogP contribution in [0.2, 0.25) is 0 Å². The standard InChI is InChI=1S/C9H12BrNO2/c1-9(2,10)6-4-7(11-5-6)8(12)13-3/h4-5,11H,1-3H3. The molecule has 0 amide bonds. The fourth-order valence-electron chi connectivity index (χ4n) is 0.965. The van der Waals surface area contributed by atoms with Gasteiger partial charge < -0.3 is 9.72 Å². The lowest BCUT2D eigenvalue weighted by molar-refractivity contribution is 0.0595. The van der Waals surface area contributed by atoms with Crippen LogP contribution >= 0.6 is 15.9 Å². The summed E-state index contributed by atoms with van der Waals surface area (Å²) < 4.78 is 4.45. The Labute approximate surface area is 85.6 Å². The molecule has 0 aromatic carbocycles. The molecule has 0 bridgehead atoms. The van der Waals surface area contributed by atoms with E-state index in [4.69, 9.17) is 0 Å². The van der Waals surface area contributed by atoms with E-state index in [0.717, 1.165) is 5.56 Å². The van der Waals surface area contributed by atoms with E-state index < -0.39 is 0 Å². The third-order valence-electron chi connectivity index (χ3n) is 1.77. The Hall–Kier alpha value is -0.770. The lowest BCUT2D eigenvalue weighted by Gasteiger charge is -2.12. The van der Waals surface area contributed by atoms with Gasteiger partial charge in [-0.2, -0.15) is 0 Å². The molecule has 1 N–H and O–H groups in total. The lowest BCUT2D eigenvalue weighted by Crippen LogP contribution is -2.05. The number of nitrogens with one attached hydrogen (secondary N) is 1. The third-order valence-corrected chi connectivity index (χ3v) is 2.23. The second kappa shape index (κ2) is 3.54. The van der Waals surface area contributed by atoms with Crippen molar-refractivity contribution in [3.63, 3.8) is 0 Å². The van der Waals surface area contributed by atoms with E-state index in [1.165, 1.54) is 7.11 Å². The maximum atomic E-state index is 11.1. The molecule has 0 unspecified atom stereocenters. The van der Waals surface area contributed by atoms with Gasteiger partial charge in [-0.1, -0.05) is 15.9 Å². The topological polar surface area (TPSA) is 42.1 Å². The van der Waals surface area contributed by atoms with Gasteiger partial charge in [0.05, 0.1) is 7.11 Å². The molecule has 0 radical (unpaired) electrons. The van der Waals surface area contributed by atoms with Crippen LogP contribution < -0.4 is 0 Å². The number of carbonyl (C=O) groups is 1. The normalized spacial score (nSPS) is 11.4. The first kappa shape index (κ1) is 10.3. The van der Waals surface area contributed by atoms with Gasteiger partial charge in [0.1, 0.15) is 5.69 Å². The average Bonchev–Trinajstić information content (AvgIpc) is 2.50. The zero-order valence-electron chi connectivity index (χ0n) is 7.85. The van der Waals surface area contributed by atoms with Gasteiger partial charge in [0.15, 0.2) is 0 Å². The van der Waals surface area contributed by atoms with E-state index in [1.807, 2.05) is 13.8 Å². The van der Waals surface area contributed by atoms with E-state index in [0.29, 0.717) is 5.69 Å². The predicted molar refractivity (Wildman–Crippen MR) is 54.1 cm³/mol. The Kier molecular flexibility index (Phi) is 2.81. The third kappa shape index (κ3) is 2.34. The van der Waals surface area contributed by atoms with Crippen molar-refractivity contribution in [3.05, 3.63) is 23.5 Å². The highest BCUT2D eigenvalue weighted by molar-refractivity contribution is 9.09. The first-order valence-electron chi connectivity index (χ1n) is 3.91. The summed E-state index contributed by atoms with van der Waals surface area (Å²) >= 11 is 3.50. The molecule has 0 fully saturated rings. The van der Waals surface area contributed by atoms with Crippen LogP contribution in [0.1, 0.15) is 29.9 Å². The van der Waals surface area contributed by atoms with Crippen LogP contribution in [0.15, 0.2) is 12.3 Å². The fourth-order valence-corrected chi connectivity index (χ4v) is 1.19. The highest BCUT2D eigenvalue weighted by atomic mass is 79.9. The van der Waals surface area contributed by atoms with Crippen molar-refractivity contribution in [2.45, 2.75) is 18.2 Å². The van der Waals surface area contributed by atoms with Crippen molar-refractivity contribution in [2.75, 3.05) is 7.11 Å². The molecule has 0 spiro atoms. The number of H-pyrrole nitrogens is 1. The van der Waals surface area contributed by atoms with Crippen LogP contribution in [-0.2, 0) is 9.06 Å². The minimum atomic E-state index is -0.344. The molecule has 1 heterocycles. The fraction of sp³-hybridized carbons (Fsp3) is 0.444. The van der Waals surface area contributed by atoms with Gasteiger partial charge in [-0.3, -0.25) is 0 Å². The first-order valence-corrected chi connectivity index (χ1v) is 4.70. The van der Waals surface area contributed by atoms with Gasteiger partial charge in [0.25, 0.3) is 0 Å². The quantitative estimate of drug-likeness (QED) is 0.643. The van der Waals surface area contributed by atoms with Crippen LogP contribution in [0.25, 0.3) is 0 Å². The summed E-state index contributed by atoms with van der Waals surface area (Å²) in [6, 6.07) is 1.78. The Morgan fingerprint density at radius 2 is 2.23 bits per heavy atom. The molecule has 0 aliphatic rings. The predicted octanol–water partition coefficient (Wildman–Crippen LogP) is 2.43. The lowest BCUT2D eigenvalue weighted by atomic mass is 10.1. The minimum absolute atomic E-state index is 0.129. The highest BCUT2D eigenvalue weighted by Crippen LogP contribution is 2.30. The zero-order valence-corrected chi connectivity index (χ0v) is 9.44. The SMILES string of the molecule is COC(=O)c1cc(C(C)(C)Br)c[nH]1. The molecule has 0 saturated heterocycles. The number of aromatic amines is 1. The smallest absolute Gasteiger partial charge is 0.354 e. The van der Waals surface area contributed by atoms with Crippen molar-refractivity contribution in [1.82, 2.24) is 4.98 Å². The van der Waals surface area contributed by atoms with Crippen LogP contribution in [0.4, 0.5) is 0 Å². The molecule has 0 saturated carbocycles. The average molecular weight is 246 g/mol. The van der Waals surface area contributed by atoms with Crippen molar-refractivity contribution in [3.8, 4) is 0 Å². The maximum Gasteiger partial charge on any atom is 0.354 e. The monoisotopic (exact) mass is 245 g/mol. The summed E-state index contributed by atoms with van der Waals surface area (Å²) in [5.74, 6) is -0.344. The summed E-state index contributed by atoms with van der Waals surface area (Å²) in [5.41, 5.74) is 1.50. The van der Waals surface area contributed by atoms with E-state index in [-0.39, 0.29) is 10.3 Å². The number of halogens is 1. The van der Waals surface area contributed by atoms with Crippen molar-refractivity contribution < 1.29 is 9.53 Å². The number of esters is 1. The molecule has 13 heavy (non-hydrogen) atoms. The van der Waals surface area contributed by atoms with E-state index in [9.17, 15) is 4.79 Å². The highest BCUT2D eigenvalue weighted by Gasteiger charge is 2.19. The number of aromatic nitrogens is 1. The van der Waals surface area contributed by atoms with Gasteiger partial charge in [0.2, 0.25) is 0 Å². The second-order valence-electron chi connectivity index (χ2n) is 3.27. The number of hydrogen-bond donors (Lipinski definition) is 1. The molecule has 0 aliphatic heterocycles. The first-order chi connectivity index (χ1) is 5.95. The summed E-state index contributed by atoms with van der Waals surface area (Å²) in [7, 11) is 1.36. The van der Waals surface area contributed by atoms with E-state index in [2.05, 4.69) is 25.7 Å². The minimum Gasteiger partial charge on any atom is -0.464 e. The Balaban J connectivity index is 2.93. The molecule has 1 aromatic rings. The Bertz CT molecular complexity index is 312. The Morgan fingerprint density at radius 1 is 1.62 bits per heavy atom. The summed E-state index contributed by atoms with van der Waals surface area (Å²) in [4.78, 5) is 13.9. The molecule has 72 valence electrons. The maximum absolute atomic E-state index is 11.1. The van der Waals surface area contributed by atoms with Crippen LogP contribution in [0.5, 0.6) is 0 Å². The van der Waals surface area contributed by atoms with E-state index >= 15 is 0 Å². The van der Waals surface area contributed by atoms with Crippen LogP contribution in [-0.4, -0.2) is 18.1 Å². The second-order valence-corrected chi connectivity index (χ2v) is 5.25.